The maximum absolute atomic E-state index is 5.45. The van der Waals surface area contributed by atoms with Crippen molar-refractivity contribution in [2.75, 3.05) is 54.5 Å². The zero-order valence-corrected chi connectivity index (χ0v) is 17.6. The van der Waals surface area contributed by atoms with Gasteiger partial charge in [-0.2, -0.15) is 9.36 Å². The zero-order valence-electron chi connectivity index (χ0n) is 16.8. The number of anilines is 3. The first kappa shape index (κ1) is 19.2. The Kier molecular flexibility index (Phi) is 5.71. The van der Waals surface area contributed by atoms with Crippen LogP contribution in [-0.4, -0.2) is 64.8 Å². The van der Waals surface area contributed by atoms with Gasteiger partial charge in [-0.1, -0.05) is 30.3 Å². The van der Waals surface area contributed by atoms with Crippen molar-refractivity contribution in [2.45, 2.75) is 18.9 Å². The molecule has 2 aliphatic heterocycles. The van der Waals surface area contributed by atoms with Gasteiger partial charge < -0.3 is 19.9 Å². The lowest BCUT2D eigenvalue weighted by Gasteiger charge is -2.34. The summed E-state index contributed by atoms with van der Waals surface area (Å²) >= 11 is 1.42. The summed E-state index contributed by atoms with van der Waals surface area (Å²) in [5.41, 5.74) is 1.05. The lowest BCUT2D eigenvalue weighted by Crippen LogP contribution is -2.42. The number of nitrogens with one attached hydrogen (secondary N) is 1. The van der Waals surface area contributed by atoms with Gasteiger partial charge in [-0.25, -0.2) is 9.97 Å². The van der Waals surface area contributed by atoms with Crippen LogP contribution in [-0.2, 0) is 4.74 Å². The van der Waals surface area contributed by atoms with Crippen molar-refractivity contribution in [3.63, 3.8) is 0 Å². The summed E-state index contributed by atoms with van der Waals surface area (Å²) in [5, 5.41) is 4.45. The molecule has 2 saturated heterocycles. The van der Waals surface area contributed by atoms with Crippen molar-refractivity contribution in [1.82, 2.24) is 19.3 Å². The van der Waals surface area contributed by atoms with E-state index in [2.05, 4.69) is 40.5 Å². The van der Waals surface area contributed by atoms with Gasteiger partial charge >= 0.3 is 0 Å². The average molecular weight is 424 g/mol. The predicted molar refractivity (Wildman–Crippen MR) is 119 cm³/mol. The lowest BCUT2D eigenvalue weighted by molar-refractivity contribution is 0.122. The molecule has 0 bridgehead atoms. The van der Waals surface area contributed by atoms with Gasteiger partial charge in [0.2, 0.25) is 5.13 Å². The van der Waals surface area contributed by atoms with Crippen molar-refractivity contribution in [3.05, 3.63) is 42.7 Å². The summed E-state index contributed by atoms with van der Waals surface area (Å²) in [5.74, 6) is 2.75. The molecule has 0 spiro atoms. The topological polar surface area (TPSA) is 79.3 Å². The van der Waals surface area contributed by atoms with Gasteiger partial charge in [0.05, 0.1) is 13.2 Å². The SMILES string of the molecule is c1ccc(-c2nsc(NC3CCCN(c4cc(N5CCOCC5)ncn4)C3)n2)cc1. The maximum Gasteiger partial charge on any atom is 0.203 e. The van der Waals surface area contributed by atoms with E-state index in [0.29, 0.717) is 6.04 Å². The number of hydrogen-bond acceptors (Lipinski definition) is 9. The first-order valence-corrected chi connectivity index (χ1v) is 11.2. The van der Waals surface area contributed by atoms with E-state index in [-0.39, 0.29) is 0 Å². The third-order valence-electron chi connectivity index (χ3n) is 5.50. The fourth-order valence-electron chi connectivity index (χ4n) is 3.94. The maximum atomic E-state index is 5.45. The molecule has 1 unspecified atom stereocenters. The number of nitrogens with zero attached hydrogens (tertiary/aromatic N) is 6. The van der Waals surface area contributed by atoms with Crippen LogP contribution in [0, 0.1) is 0 Å². The van der Waals surface area contributed by atoms with Crippen LogP contribution in [0.3, 0.4) is 0 Å². The molecular weight excluding hydrogens is 398 g/mol. The van der Waals surface area contributed by atoms with Crippen molar-refractivity contribution in [1.29, 1.82) is 0 Å². The molecule has 5 rings (SSSR count). The molecule has 0 radical (unpaired) electrons. The van der Waals surface area contributed by atoms with E-state index in [1.807, 2.05) is 30.3 Å². The minimum absolute atomic E-state index is 0.317. The van der Waals surface area contributed by atoms with Crippen LogP contribution in [0.2, 0.25) is 0 Å². The Morgan fingerprint density at radius 3 is 2.63 bits per heavy atom. The van der Waals surface area contributed by atoms with Crippen LogP contribution >= 0.6 is 11.5 Å². The molecule has 156 valence electrons. The van der Waals surface area contributed by atoms with Crippen LogP contribution in [0.15, 0.2) is 42.7 Å². The molecule has 0 aliphatic carbocycles. The number of aromatic nitrogens is 4. The number of morpholine rings is 1. The van der Waals surface area contributed by atoms with Crippen molar-refractivity contribution >= 4 is 28.3 Å². The molecular formula is C21H25N7OS. The van der Waals surface area contributed by atoms with E-state index in [1.165, 1.54) is 11.5 Å². The van der Waals surface area contributed by atoms with Gasteiger partial charge in [-0.3, -0.25) is 0 Å². The first-order valence-electron chi connectivity index (χ1n) is 10.4. The molecule has 2 aliphatic rings. The minimum Gasteiger partial charge on any atom is -0.378 e. The quantitative estimate of drug-likeness (QED) is 0.671. The standard InChI is InChI=1S/C21H25N7OS/c1-2-5-16(6-3-1)20-25-21(30-26-20)24-17-7-4-8-28(14-17)19-13-18(22-15-23-19)27-9-11-29-12-10-27/h1-3,5-6,13,15,17H,4,7-12,14H2,(H,24,25,26). The number of piperidine rings is 1. The Hall–Kier alpha value is -2.78. The number of benzene rings is 1. The van der Waals surface area contributed by atoms with Crippen LogP contribution in [0.1, 0.15) is 12.8 Å². The fraction of sp³-hybridized carbons (Fsp3) is 0.429. The monoisotopic (exact) mass is 423 g/mol. The molecule has 1 N–H and O–H groups in total. The van der Waals surface area contributed by atoms with E-state index >= 15 is 0 Å². The second-order valence-corrected chi connectivity index (χ2v) is 8.30. The van der Waals surface area contributed by atoms with Gasteiger partial charge in [0.1, 0.15) is 18.0 Å². The summed E-state index contributed by atoms with van der Waals surface area (Å²) in [6.45, 7) is 5.15. The molecule has 3 aromatic rings. The van der Waals surface area contributed by atoms with E-state index < -0.39 is 0 Å². The highest BCUT2D eigenvalue weighted by Crippen LogP contribution is 2.25. The Morgan fingerprint density at radius 2 is 1.80 bits per heavy atom. The average Bonchev–Trinajstić information content (AvgIpc) is 3.29. The molecule has 4 heterocycles. The smallest absolute Gasteiger partial charge is 0.203 e. The Labute approximate surface area is 180 Å². The lowest BCUT2D eigenvalue weighted by atomic mass is 10.1. The van der Waals surface area contributed by atoms with E-state index in [0.717, 1.165) is 80.4 Å². The Bertz CT molecular complexity index is 961. The molecule has 2 fully saturated rings. The molecule has 1 atom stereocenters. The summed E-state index contributed by atoms with van der Waals surface area (Å²) < 4.78 is 9.97. The summed E-state index contributed by atoms with van der Waals surface area (Å²) in [7, 11) is 0. The van der Waals surface area contributed by atoms with Crippen LogP contribution < -0.4 is 15.1 Å². The minimum atomic E-state index is 0.317. The molecule has 0 saturated carbocycles. The predicted octanol–water partition coefficient (Wildman–Crippen LogP) is 2.91. The Morgan fingerprint density at radius 1 is 1.00 bits per heavy atom. The van der Waals surface area contributed by atoms with Crippen molar-refractivity contribution < 1.29 is 4.74 Å². The molecule has 2 aromatic heterocycles. The molecule has 8 nitrogen and oxygen atoms in total. The summed E-state index contributed by atoms with van der Waals surface area (Å²) in [4.78, 5) is 18.3. The molecule has 9 heteroatoms. The van der Waals surface area contributed by atoms with Crippen molar-refractivity contribution in [3.8, 4) is 11.4 Å². The molecule has 0 amide bonds. The van der Waals surface area contributed by atoms with Gasteiger partial charge in [0.15, 0.2) is 5.82 Å². The van der Waals surface area contributed by atoms with E-state index in [1.54, 1.807) is 6.33 Å². The highest BCUT2D eigenvalue weighted by atomic mass is 32.1. The van der Waals surface area contributed by atoms with Crippen molar-refractivity contribution in [2.24, 2.45) is 0 Å². The molecule has 1 aromatic carbocycles. The zero-order chi connectivity index (χ0) is 20.2. The van der Waals surface area contributed by atoms with Crippen LogP contribution in [0.4, 0.5) is 16.8 Å². The third kappa shape index (κ3) is 4.36. The summed E-state index contributed by atoms with van der Waals surface area (Å²) in [6.07, 6.45) is 3.89. The summed E-state index contributed by atoms with van der Waals surface area (Å²) in [6, 6.07) is 12.5. The van der Waals surface area contributed by atoms with E-state index in [9.17, 15) is 0 Å². The third-order valence-corrected chi connectivity index (χ3v) is 6.15. The van der Waals surface area contributed by atoms with Gasteiger partial charge in [0.25, 0.3) is 0 Å². The van der Waals surface area contributed by atoms with Crippen LogP contribution in [0.5, 0.6) is 0 Å². The van der Waals surface area contributed by atoms with Gasteiger partial charge in [-0.05, 0) is 12.8 Å². The number of ether oxygens (including phenoxy) is 1. The molecule has 30 heavy (non-hydrogen) atoms. The van der Waals surface area contributed by atoms with E-state index in [4.69, 9.17) is 4.74 Å². The highest BCUT2D eigenvalue weighted by molar-refractivity contribution is 7.09. The first-order chi connectivity index (χ1) is 14.8. The Balaban J connectivity index is 1.25. The second-order valence-electron chi connectivity index (χ2n) is 7.55. The largest absolute Gasteiger partial charge is 0.378 e. The highest BCUT2D eigenvalue weighted by Gasteiger charge is 2.23. The normalized spacial score (nSPS) is 19.7. The van der Waals surface area contributed by atoms with Gasteiger partial charge in [0, 0.05) is 55.4 Å². The van der Waals surface area contributed by atoms with Crippen LogP contribution in [0.25, 0.3) is 11.4 Å². The number of hydrogen-bond donors (Lipinski definition) is 1. The number of rotatable bonds is 5. The fourth-order valence-corrected chi connectivity index (χ4v) is 4.61. The second kappa shape index (κ2) is 8.93. The van der Waals surface area contributed by atoms with Gasteiger partial charge in [-0.15, -0.1) is 0 Å².